The number of allylic oxidation sites excluding steroid dienone is 4. The van der Waals surface area contributed by atoms with Gasteiger partial charge in [-0.05, 0) is 138 Å². The number of rotatable bonds is 2. The number of aliphatic hydroxyl groups excluding tert-OH is 2. The van der Waals surface area contributed by atoms with Gasteiger partial charge in [-0.25, -0.2) is 0 Å². The Labute approximate surface area is 231 Å². The van der Waals surface area contributed by atoms with E-state index in [9.17, 15) is 10.2 Å². The number of aliphatic hydroxyl groups is 2. The minimum atomic E-state index is -0.527. The van der Waals surface area contributed by atoms with E-state index in [0.717, 1.165) is 24.7 Å². The SMILES string of the molecule is C=C(C)[C@H]1CC2=C(C)C=C([C@@H]3CC[C@@H]4C[C@@H]5C[C@H]6C[C@H](O)[C@@H](O)C[C@@H]6[C@@H]5[C@]4(C)N3)C[C@]2(C)C2(CCCC2)C1. The lowest BCUT2D eigenvalue weighted by molar-refractivity contribution is -0.0565. The Morgan fingerprint density at radius 1 is 1.00 bits per heavy atom. The average Bonchev–Trinajstić information content (AvgIpc) is 3.54. The molecule has 1 heterocycles. The largest absolute Gasteiger partial charge is 0.390 e. The Morgan fingerprint density at radius 3 is 2.47 bits per heavy atom. The molecule has 0 aromatic heterocycles. The zero-order chi connectivity index (χ0) is 26.6. The van der Waals surface area contributed by atoms with Gasteiger partial charge in [0.25, 0.3) is 0 Å². The fraction of sp³-hybridized carbons (Fsp3) is 0.829. The molecule has 1 aliphatic heterocycles. The second-order valence-corrected chi connectivity index (χ2v) is 15.9. The van der Waals surface area contributed by atoms with Gasteiger partial charge in [0, 0.05) is 11.6 Å². The average molecular weight is 520 g/mol. The van der Waals surface area contributed by atoms with Gasteiger partial charge < -0.3 is 15.5 Å². The van der Waals surface area contributed by atoms with E-state index in [2.05, 4.69) is 45.7 Å². The Hall–Kier alpha value is -0.900. The lowest BCUT2D eigenvalue weighted by Crippen LogP contribution is -2.61. The summed E-state index contributed by atoms with van der Waals surface area (Å²) in [5, 5.41) is 25.4. The van der Waals surface area contributed by atoms with Crippen LogP contribution in [0, 0.1) is 46.3 Å². The molecule has 3 nitrogen and oxygen atoms in total. The molecule has 7 rings (SSSR count). The molecule has 3 heteroatoms. The highest BCUT2D eigenvalue weighted by molar-refractivity contribution is 5.44. The first-order valence-electron chi connectivity index (χ1n) is 16.2. The van der Waals surface area contributed by atoms with E-state index in [-0.39, 0.29) is 5.54 Å². The van der Waals surface area contributed by atoms with Gasteiger partial charge in [0.15, 0.2) is 0 Å². The molecule has 38 heavy (non-hydrogen) atoms. The van der Waals surface area contributed by atoms with Gasteiger partial charge in [0.05, 0.1) is 12.2 Å². The molecule has 0 bridgehead atoms. The summed E-state index contributed by atoms with van der Waals surface area (Å²) in [4.78, 5) is 0. The summed E-state index contributed by atoms with van der Waals surface area (Å²) in [6, 6.07) is 0.485. The van der Waals surface area contributed by atoms with Crippen molar-refractivity contribution >= 4 is 0 Å². The Kier molecular flexibility index (Phi) is 6.03. The quantitative estimate of drug-likeness (QED) is 0.341. The molecule has 6 fully saturated rings. The molecule has 0 aromatic rings. The van der Waals surface area contributed by atoms with Crippen molar-refractivity contribution in [2.75, 3.05) is 0 Å². The van der Waals surface area contributed by atoms with Gasteiger partial charge in [-0.3, -0.25) is 0 Å². The van der Waals surface area contributed by atoms with Crippen LogP contribution in [0.1, 0.15) is 111 Å². The van der Waals surface area contributed by atoms with Crippen LogP contribution in [0.2, 0.25) is 0 Å². The van der Waals surface area contributed by atoms with E-state index in [1.54, 1.807) is 16.7 Å². The van der Waals surface area contributed by atoms with Crippen molar-refractivity contribution in [2.24, 2.45) is 46.3 Å². The fourth-order valence-electron chi connectivity index (χ4n) is 12.3. The topological polar surface area (TPSA) is 52.5 Å². The number of nitrogens with one attached hydrogen (secondary N) is 1. The maximum atomic E-state index is 10.6. The molecule has 0 aromatic carbocycles. The third-order valence-corrected chi connectivity index (χ3v) is 14.2. The van der Waals surface area contributed by atoms with Gasteiger partial charge in [-0.1, -0.05) is 54.7 Å². The molecule has 11 atom stereocenters. The third kappa shape index (κ3) is 3.56. The minimum absolute atomic E-state index is 0.164. The second kappa shape index (κ2) is 8.80. The second-order valence-electron chi connectivity index (χ2n) is 15.9. The van der Waals surface area contributed by atoms with Crippen LogP contribution in [-0.4, -0.2) is 34.0 Å². The standard InChI is InChI=1S/C35H53NO2/c1-20(2)24-15-28-21(3)12-25(18-33(28,4)35(19-24)10-6-7-11-35)29-9-8-26-14-23-13-22-16-30(37)31(38)17-27(22)32(23)34(26,5)36-29/h12,22-24,26-27,29-32,36-38H,1,6-11,13-19H2,2-5H3/t22-,23-,24-,26+,27-,29-,30-,31-,32+,33-,34+/m0/s1. The maximum absolute atomic E-state index is 10.6. The van der Waals surface area contributed by atoms with Crippen LogP contribution in [0.15, 0.2) is 34.9 Å². The summed E-state index contributed by atoms with van der Waals surface area (Å²) in [6.07, 6.45) is 17.9. The van der Waals surface area contributed by atoms with E-state index < -0.39 is 12.2 Å². The summed E-state index contributed by atoms with van der Waals surface area (Å²) in [7, 11) is 0. The molecule has 0 amide bonds. The van der Waals surface area contributed by atoms with E-state index in [0.29, 0.717) is 40.5 Å². The summed E-state index contributed by atoms with van der Waals surface area (Å²) in [5.41, 5.74) is 7.31. The summed E-state index contributed by atoms with van der Waals surface area (Å²) in [5.74, 6) is 4.02. The van der Waals surface area contributed by atoms with Gasteiger partial charge in [0.2, 0.25) is 0 Å². The van der Waals surface area contributed by atoms with Crippen molar-refractivity contribution in [1.82, 2.24) is 5.32 Å². The number of hydrogen-bond acceptors (Lipinski definition) is 3. The van der Waals surface area contributed by atoms with E-state index >= 15 is 0 Å². The minimum Gasteiger partial charge on any atom is -0.390 e. The molecule has 1 spiro atoms. The summed E-state index contributed by atoms with van der Waals surface area (Å²) >= 11 is 0. The van der Waals surface area contributed by atoms with Crippen LogP contribution in [0.4, 0.5) is 0 Å². The van der Waals surface area contributed by atoms with Crippen molar-refractivity contribution in [3.63, 3.8) is 0 Å². The first-order chi connectivity index (χ1) is 18.0. The van der Waals surface area contributed by atoms with Crippen LogP contribution in [0.25, 0.3) is 0 Å². The van der Waals surface area contributed by atoms with Crippen molar-refractivity contribution in [3.05, 3.63) is 34.9 Å². The first kappa shape index (κ1) is 26.0. The zero-order valence-corrected chi connectivity index (χ0v) is 24.6. The molecule has 0 radical (unpaired) electrons. The van der Waals surface area contributed by atoms with Crippen molar-refractivity contribution in [3.8, 4) is 0 Å². The molecular formula is C35H53NO2. The fourth-order valence-corrected chi connectivity index (χ4v) is 12.3. The molecule has 5 saturated carbocycles. The van der Waals surface area contributed by atoms with Crippen molar-refractivity contribution in [1.29, 1.82) is 0 Å². The normalized spacial score (nSPS) is 51.3. The monoisotopic (exact) mass is 519 g/mol. The highest BCUT2D eigenvalue weighted by atomic mass is 16.3. The smallest absolute Gasteiger partial charge is 0.0802 e. The first-order valence-corrected chi connectivity index (χ1v) is 16.2. The maximum Gasteiger partial charge on any atom is 0.0802 e. The van der Waals surface area contributed by atoms with Gasteiger partial charge in [-0.2, -0.15) is 0 Å². The molecular weight excluding hydrogens is 466 g/mol. The van der Waals surface area contributed by atoms with Gasteiger partial charge in [0.1, 0.15) is 0 Å². The number of hydrogen-bond donors (Lipinski definition) is 3. The number of fused-ring (bicyclic) bond motifs is 7. The molecule has 0 unspecified atom stereocenters. The predicted molar refractivity (Wildman–Crippen MR) is 154 cm³/mol. The molecule has 1 saturated heterocycles. The van der Waals surface area contributed by atoms with E-state index in [1.807, 2.05) is 0 Å². The highest BCUT2D eigenvalue weighted by Gasteiger charge is 2.63. The van der Waals surface area contributed by atoms with Crippen molar-refractivity contribution in [2.45, 2.75) is 135 Å². The molecule has 6 aliphatic carbocycles. The van der Waals surface area contributed by atoms with Gasteiger partial charge in [-0.15, -0.1) is 0 Å². The van der Waals surface area contributed by atoms with Gasteiger partial charge >= 0.3 is 0 Å². The third-order valence-electron chi connectivity index (χ3n) is 14.2. The number of piperidine rings is 1. The van der Waals surface area contributed by atoms with Crippen LogP contribution in [0.5, 0.6) is 0 Å². The summed E-state index contributed by atoms with van der Waals surface area (Å²) in [6.45, 7) is 14.3. The molecule has 3 N–H and O–H groups in total. The Morgan fingerprint density at radius 2 is 1.74 bits per heavy atom. The lowest BCUT2D eigenvalue weighted by Gasteiger charge is -2.58. The zero-order valence-electron chi connectivity index (χ0n) is 24.6. The van der Waals surface area contributed by atoms with Crippen LogP contribution < -0.4 is 5.32 Å². The van der Waals surface area contributed by atoms with Crippen LogP contribution in [-0.2, 0) is 0 Å². The van der Waals surface area contributed by atoms with Crippen LogP contribution >= 0.6 is 0 Å². The van der Waals surface area contributed by atoms with E-state index in [4.69, 9.17) is 0 Å². The lowest BCUT2D eigenvalue weighted by atomic mass is 9.47. The molecule has 7 aliphatic rings. The highest BCUT2D eigenvalue weighted by Crippen LogP contribution is 2.68. The van der Waals surface area contributed by atoms with E-state index in [1.165, 1.54) is 76.2 Å². The molecule has 210 valence electrons. The Balaban J connectivity index is 1.19. The predicted octanol–water partition coefficient (Wildman–Crippen LogP) is 7.10. The Bertz CT molecular complexity index is 1070. The van der Waals surface area contributed by atoms with Crippen molar-refractivity contribution < 1.29 is 10.2 Å². The summed E-state index contributed by atoms with van der Waals surface area (Å²) < 4.78 is 0. The van der Waals surface area contributed by atoms with Crippen LogP contribution in [0.3, 0.4) is 0 Å².